The lowest BCUT2D eigenvalue weighted by Gasteiger charge is -2.09. The molecule has 0 spiro atoms. The Morgan fingerprint density at radius 2 is 1.88 bits per heavy atom. The topological polar surface area (TPSA) is 33.1 Å². The minimum atomic E-state index is -0.422. The normalized spacial score (nSPS) is 12.3. The molecular formula is C14H15NO. The van der Waals surface area contributed by atoms with Crippen LogP contribution >= 0.6 is 0 Å². The number of aryl methyl sites for hydroxylation is 1. The highest BCUT2D eigenvalue weighted by atomic mass is 16.3. The summed E-state index contributed by atoms with van der Waals surface area (Å²) in [6, 6.07) is 14.0. The first-order valence-electron chi connectivity index (χ1n) is 5.48. The molecule has 0 aliphatic heterocycles. The fourth-order valence-electron chi connectivity index (χ4n) is 1.69. The number of aromatic nitrogens is 1. The van der Waals surface area contributed by atoms with Crippen molar-refractivity contribution in [2.45, 2.75) is 18.9 Å². The fraction of sp³-hybridized carbons (Fsp3) is 0.214. The van der Waals surface area contributed by atoms with E-state index in [4.69, 9.17) is 0 Å². The van der Waals surface area contributed by atoms with Crippen LogP contribution < -0.4 is 0 Å². The number of rotatable bonds is 4. The maximum atomic E-state index is 9.94. The van der Waals surface area contributed by atoms with Gasteiger partial charge in [0.05, 0.1) is 6.10 Å². The van der Waals surface area contributed by atoms with Gasteiger partial charge in [-0.25, -0.2) is 0 Å². The standard InChI is InChI=1S/C14H15NO/c16-14(13-7-4-10-15-11-13)9-8-12-5-2-1-3-6-12/h1-7,10-11,14,16H,8-9H2. The summed E-state index contributed by atoms with van der Waals surface area (Å²) in [7, 11) is 0. The van der Waals surface area contributed by atoms with E-state index in [1.165, 1.54) is 5.56 Å². The smallest absolute Gasteiger partial charge is 0.0808 e. The van der Waals surface area contributed by atoms with Crippen LogP contribution in [-0.2, 0) is 6.42 Å². The first-order chi connectivity index (χ1) is 7.86. The van der Waals surface area contributed by atoms with E-state index in [1.54, 1.807) is 12.4 Å². The van der Waals surface area contributed by atoms with Gasteiger partial charge in [0.15, 0.2) is 0 Å². The van der Waals surface area contributed by atoms with E-state index >= 15 is 0 Å². The lowest BCUT2D eigenvalue weighted by molar-refractivity contribution is 0.167. The van der Waals surface area contributed by atoms with Crippen LogP contribution in [0.1, 0.15) is 23.7 Å². The van der Waals surface area contributed by atoms with Gasteiger partial charge in [-0.2, -0.15) is 0 Å². The van der Waals surface area contributed by atoms with Crippen LogP contribution in [0, 0.1) is 0 Å². The number of hydrogen-bond donors (Lipinski definition) is 1. The molecule has 0 saturated heterocycles. The first kappa shape index (κ1) is 10.8. The van der Waals surface area contributed by atoms with Gasteiger partial charge in [0, 0.05) is 12.4 Å². The van der Waals surface area contributed by atoms with Crippen molar-refractivity contribution in [3.05, 3.63) is 66.0 Å². The van der Waals surface area contributed by atoms with Gasteiger partial charge in [-0.05, 0) is 30.0 Å². The van der Waals surface area contributed by atoms with Crippen molar-refractivity contribution in [2.24, 2.45) is 0 Å². The molecule has 1 heterocycles. The van der Waals surface area contributed by atoms with Crippen molar-refractivity contribution in [3.63, 3.8) is 0 Å². The van der Waals surface area contributed by atoms with Gasteiger partial charge < -0.3 is 5.11 Å². The van der Waals surface area contributed by atoms with Crippen molar-refractivity contribution in [1.29, 1.82) is 0 Å². The average molecular weight is 213 g/mol. The Morgan fingerprint density at radius 3 is 2.56 bits per heavy atom. The molecule has 2 aromatic rings. The summed E-state index contributed by atoms with van der Waals surface area (Å²) >= 11 is 0. The Labute approximate surface area is 95.6 Å². The van der Waals surface area contributed by atoms with E-state index in [-0.39, 0.29) is 0 Å². The van der Waals surface area contributed by atoms with Gasteiger partial charge in [-0.3, -0.25) is 4.98 Å². The van der Waals surface area contributed by atoms with Crippen molar-refractivity contribution in [2.75, 3.05) is 0 Å². The second-order valence-corrected chi connectivity index (χ2v) is 3.83. The molecule has 1 unspecified atom stereocenters. The molecule has 1 N–H and O–H groups in total. The predicted molar refractivity (Wildman–Crippen MR) is 64.0 cm³/mol. The highest BCUT2D eigenvalue weighted by Gasteiger charge is 2.06. The zero-order valence-electron chi connectivity index (χ0n) is 9.08. The van der Waals surface area contributed by atoms with E-state index in [0.717, 1.165) is 18.4 Å². The van der Waals surface area contributed by atoms with E-state index in [9.17, 15) is 5.11 Å². The van der Waals surface area contributed by atoms with E-state index in [1.807, 2.05) is 30.3 Å². The SMILES string of the molecule is OC(CCc1ccccc1)c1cccnc1. The van der Waals surface area contributed by atoms with Crippen molar-refractivity contribution in [3.8, 4) is 0 Å². The van der Waals surface area contributed by atoms with Crippen LogP contribution in [0.2, 0.25) is 0 Å². The minimum Gasteiger partial charge on any atom is -0.388 e. The van der Waals surface area contributed by atoms with Crippen LogP contribution in [0.15, 0.2) is 54.9 Å². The Balaban J connectivity index is 1.92. The van der Waals surface area contributed by atoms with Gasteiger partial charge >= 0.3 is 0 Å². The quantitative estimate of drug-likeness (QED) is 0.847. The molecule has 16 heavy (non-hydrogen) atoms. The predicted octanol–water partition coefficient (Wildman–Crippen LogP) is 2.75. The van der Waals surface area contributed by atoms with Crippen molar-refractivity contribution >= 4 is 0 Å². The van der Waals surface area contributed by atoms with Crippen molar-refractivity contribution < 1.29 is 5.11 Å². The average Bonchev–Trinajstić information content (AvgIpc) is 2.38. The number of nitrogens with zero attached hydrogens (tertiary/aromatic N) is 1. The molecule has 0 radical (unpaired) electrons. The third kappa shape index (κ3) is 2.91. The Kier molecular flexibility index (Phi) is 3.67. The zero-order chi connectivity index (χ0) is 11.2. The van der Waals surface area contributed by atoms with Gasteiger partial charge in [0.1, 0.15) is 0 Å². The number of aliphatic hydroxyl groups excluding tert-OH is 1. The maximum absolute atomic E-state index is 9.94. The van der Waals surface area contributed by atoms with Gasteiger partial charge in [-0.1, -0.05) is 36.4 Å². The summed E-state index contributed by atoms with van der Waals surface area (Å²) in [6.45, 7) is 0. The molecule has 0 amide bonds. The molecule has 2 rings (SSSR count). The molecule has 0 aliphatic carbocycles. The Hall–Kier alpha value is -1.67. The van der Waals surface area contributed by atoms with Crippen LogP contribution in [0.5, 0.6) is 0 Å². The summed E-state index contributed by atoms with van der Waals surface area (Å²) in [6.07, 6.45) is 4.63. The third-order valence-corrected chi connectivity index (χ3v) is 2.62. The van der Waals surface area contributed by atoms with Crippen LogP contribution in [0.4, 0.5) is 0 Å². The number of hydrogen-bond acceptors (Lipinski definition) is 2. The summed E-state index contributed by atoms with van der Waals surface area (Å²) in [4.78, 5) is 4.00. The summed E-state index contributed by atoms with van der Waals surface area (Å²) < 4.78 is 0. The lowest BCUT2D eigenvalue weighted by atomic mass is 10.0. The summed E-state index contributed by atoms with van der Waals surface area (Å²) in [5.74, 6) is 0. The molecule has 1 atom stereocenters. The molecule has 2 heteroatoms. The lowest BCUT2D eigenvalue weighted by Crippen LogP contribution is -1.99. The number of aliphatic hydroxyl groups is 1. The molecule has 2 nitrogen and oxygen atoms in total. The third-order valence-electron chi connectivity index (χ3n) is 2.62. The fourth-order valence-corrected chi connectivity index (χ4v) is 1.69. The van der Waals surface area contributed by atoms with E-state index < -0.39 is 6.10 Å². The van der Waals surface area contributed by atoms with Gasteiger partial charge in [0.25, 0.3) is 0 Å². The zero-order valence-corrected chi connectivity index (χ0v) is 9.08. The number of benzene rings is 1. The Morgan fingerprint density at radius 1 is 1.06 bits per heavy atom. The molecular weight excluding hydrogens is 198 g/mol. The largest absolute Gasteiger partial charge is 0.388 e. The van der Waals surface area contributed by atoms with E-state index in [0.29, 0.717) is 0 Å². The monoisotopic (exact) mass is 213 g/mol. The molecule has 0 bridgehead atoms. The van der Waals surface area contributed by atoms with Crippen LogP contribution in [0.25, 0.3) is 0 Å². The van der Waals surface area contributed by atoms with Gasteiger partial charge in [0.2, 0.25) is 0 Å². The van der Waals surface area contributed by atoms with Gasteiger partial charge in [-0.15, -0.1) is 0 Å². The first-order valence-corrected chi connectivity index (χ1v) is 5.48. The second-order valence-electron chi connectivity index (χ2n) is 3.83. The molecule has 1 aromatic carbocycles. The summed E-state index contributed by atoms with van der Waals surface area (Å²) in [5.41, 5.74) is 2.14. The van der Waals surface area contributed by atoms with E-state index in [2.05, 4.69) is 17.1 Å². The highest BCUT2D eigenvalue weighted by molar-refractivity contribution is 5.16. The molecule has 0 saturated carbocycles. The second kappa shape index (κ2) is 5.42. The molecule has 0 aliphatic rings. The summed E-state index contributed by atoms with van der Waals surface area (Å²) in [5, 5.41) is 9.94. The molecule has 0 fully saturated rings. The maximum Gasteiger partial charge on any atom is 0.0808 e. The van der Waals surface area contributed by atoms with Crippen LogP contribution in [0.3, 0.4) is 0 Å². The minimum absolute atomic E-state index is 0.422. The molecule has 1 aromatic heterocycles. The molecule has 82 valence electrons. The highest BCUT2D eigenvalue weighted by Crippen LogP contribution is 2.17. The van der Waals surface area contributed by atoms with Crippen molar-refractivity contribution in [1.82, 2.24) is 4.98 Å². The Bertz CT molecular complexity index is 413. The number of pyridine rings is 1. The van der Waals surface area contributed by atoms with Crippen LogP contribution in [-0.4, -0.2) is 10.1 Å².